The summed E-state index contributed by atoms with van der Waals surface area (Å²) in [5.41, 5.74) is 0.980. The highest BCUT2D eigenvalue weighted by Gasteiger charge is 2.34. The molecule has 0 bridgehead atoms. The summed E-state index contributed by atoms with van der Waals surface area (Å²) in [6.07, 6.45) is 3.59. The molecule has 0 unspecified atom stereocenters. The number of benzene rings is 1. The van der Waals surface area contributed by atoms with Gasteiger partial charge in [-0.25, -0.2) is 4.79 Å². The minimum atomic E-state index is -0.299. The van der Waals surface area contributed by atoms with Crippen LogP contribution in [0.4, 0.5) is 4.79 Å². The van der Waals surface area contributed by atoms with Crippen LogP contribution in [0, 0.1) is 11.8 Å². The Balaban J connectivity index is 1.50. The van der Waals surface area contributed by atoms with E-state index in [-0.39, 0.29) is 18.6 Å². The van der Waals surface area contributed by atoms with Crippen molar-refractivity contribution in [2.45, 2.75) is 32.3 Å². The fourth-order valence-corrected chi connectivity index (χ4v) is 2.85. The first-order valence-corrected chi connectivity index (χ1v) is 7.70. The zero-order valence-corrected chi connectivity index (χ0v) is 12.2. The van der Waals surface area contributed by atoms with Crippen LogP contribution in [0.15, 0.2) is 30.3 Å². The van der Waals surface area contributed by atoms with Gasteiger partial charge in [0.2, 0.25) is 0 Å². The minimum absolute atomic E-state index is 0.0236. The molecule has 112 valence electrons. The van der Waals surface area contributed by atoms with E-state index in [0.717, 1.165) is 12.0 Å². The number of ketones is 1. The third-order valence-corrected chi connectivity index (χ3v) is 4.30. The predicted molar refractivity (Wildman–Crippen MR) is 78.7 cm³/mol. The summed E-state index contributed by atoms with van der Waals surface area (Å²) in [5.74, 6) is 1.05. The van der Waals surface area contributed by atoms with Gasteiger partial charge in [0.1, 0.15) is 12.4 Å². The Hall–Kier alpha value is -1.84. The van der Waals surface area contributed by atoms with Crippen LogP contribution in [0.1, 0.15) is 31.2 Å². The van der Waals surface area contributed by atoms with Gasteiger partial charge < -0.3 is 9.64 Å². The summed E-state index contributed by atoms with van der Waals surface area (Å²) in [7, 11) is 0. The Labute approximate surface area is 125 Å². The number of hydrogen-bond acceptors (Lipinski definition) is 3. The standard InChI is InChI=1S/C17H21NO3/c19-16-8-9-18(11-15(16)10-13-6-7-13)17(20)21-12-14-4-2-1-3-5-14/h1-5,13,15H,6-12H2/t15-/m0/s1. The summed E-state index contributed by atoms with van der Waals surface area (Å²) in [6.45, 7) is 1.31. The third-order valence-electron chi connectivity index (χ3n) is 4.30. The maximum Gasteiger partial charge on any atom is 0.410 e. The van der Waals surface area contributed by atoms with Gasteiger partial charge in [0.05, 0.1) is 0 Å². The third kappa shape index (κ3) is 3.84. The van der Waals surface area contributed by atoms with Gasteiger partial charge in [-0.1, -0.05) is 43.2 Å². The Morgan fingerprint density at radius 3 is 2.71 bits per heavy atom. The number of carbonyl (C=O) groups is 2. The van der Waals surface area contributed by atoms with Crippen molar-refractivity contribution in [3.63, 3.8) is 0 Å². The zero-order valence-electron chi connectivity index (χ0n) is 12.2. The van der Waals surface area contributed by atoms with E-state index in [4.69, 9.17) is 4.74 Å². The van der Waals surface area contributed by atoms with Gasteiger partial charge in [0.25, 0.3) is 0 Å². The number of amides is 1. The first-order chi connectivity index (χ1) is 10.2. The molecule has 4 nitrogen and oxygen atoms in total. The van der Waals surface area contributed by atoms with Crippen LogP contribution in [-0.2, 0) is 16.1 Å². The largest absolute Gasteiger partial charge is 0.445 e. The van der Waals surface area contributed by atoms with Crippen molar-refractivity contribution >= 4 is 11.9 Å². The van der Waals surface area contributed by atoms with Crippen LogP contribution in [0.2, 0.25) is 0 Å². The first kappa shape index (κ1) is 14.1. The molecule has 21 heavy (non-hydrogen) atoms. The molecular formula is C17H21NO3. The van der Waals surface area contributed by atoms with Crippen LogP contribution in [-0.4, -0.2) is 29.9 Å². The van der Waals surface area contributed by atoms with Gasteiger partial charge in [-0.05, 0) is 17.9 Å². The minimum Gasteiger partial charge on any atom is -0.445 e. The fraction of sp³-hybridized carbons (Fsp3) is 0.529. The fourth-order valence-electron chi connectivity index (χ4n) is 2.85. The van der Waals surface area contributed by atoms with Crippen LogP contribution in [0.25, 0.3) is 0 Å². The van der Waals surface area contributed by atoms with Crippen LogP contribution < -0.4 is 0 Å². The Kier molecular flexibility index (Phi) is 4.23. The highest BCUT2D eigenvalue weighted by Crippen LogP contribution is 2.36. The van der Waals surface area contributed by atoms with Crippen LogP contribution >= 0.6 is 0 Å². The normalized spacial score (nSPS) is 22.2. The Morgan fingerprint density at radius 2 is 2.00 bits per heavy atom. The molecule has 4 heteroatoms. The molecule has 0 aromatic heterocycles. The van der Waals surface area contributed by atoms with E-state index in [1.807, 2.05) is 30.3 Å². The summed E-state index contributed by atoms with van der Waals surface area (Å²) >= 11 is 0. The first-order valence-electron chi connectivity index (χ1n) is 7.70. The molecule has 3 rings (SSSR count). The number of piperidine rings is 1. The SMILES string of the molecule is O=C1CCN(C(=O)OCc2ccccc2)C[C@@H]1CC1CC1. The van der Waals surface area contributed by atoms with Gasteiger partial charge in [-0.15, -0.1) is 0 Å². The second-order valence-corrected chi connectivity index (χ2v) is 6.08. The second kappa shape index (κ2) is 6.29. The van der Waals surface area contributed by atoms with E-state index in [1.54, 1.807) is 4.90 Å². The number of rotatable bonds is 4. The van der Waals surface area contributed by atoms with Crippen LogP contribution in [0.3, 0.4) is 0 Å². The topological polar surface area (TPSA) is 46.6 Å². The van der Waals surface area contributed by atoms with Crippen LogP contribution in [0.5, 0.6) is 0 Å². The summed E-state index contributed by atoms with van der Waals surface area (Å²) < 4.78 is 5.35. The predicted octanol–water partition coefficient (Wildman–Crippen LogP) is 3.01. The lowest BCUT2D eigenvalue weighted by Gasteiger charge is -2.31. The summed E-state index contributed by atoms with van der Waals surface area (Å²) in [4.78, 5) is 25.7. The molecule has 1 aromatic carbocycles. The quantitative estimate of drug-likeness (QED) is 0.855. The molecule has 1 saturated carbocycles. The highest BCUT2D eigenvalue weighted by molar-refractivity contribution is 5.84. The number of hydrogen-bond donors (Lipinski definition) is 0. The van der Waals surface area contributed by atoms with Crippen molar-refractivity contribution in [3.8, 4) is 0 Å². The van der Waals surface area contributed by atoms with Gasteiger partial charge in [0.15, 0.2) is 0 Å². The Morgan fingerprint density at radius 1 is 1.24 bits per heavy atom. The van der Waals surface area contributed by atoms with Gasteiger partial charge in [-0.2, -0.15) is 0 Å². The van der Waals surface area contributed by atoms with E-state index in [0.29, 0.717) is 31.2 Å². The number of ether oxygens (including phenoxy) is 1. The number of likely N-dealkylation sites (tertiary alicyclic amines) is 1. The molecule has 2 aliphatic rings. The van der Waals surface area contributed by atoms with Gasteiger partial charge in [0, 0.05) is 25.4 Å². The molecule has 1 aromatic rings. The number of Topliss-reactive ketones (excluding diaryl/α,β-unsaturated/α-hetero) is 1. The van der Waals surface area contributed by atoms with Gasteiger partial charge >= 0.3 is 6.09 Å². The molecule has 1 heterocycles. The van der Waals surface area contributed by atoms with Crippen molar-refractivity contribution in [2.75, 3.05) is 13.1 Å². The molecule has 2 fully saturated rings. The second-order valence-electron chi connectivity index (χ2n) is 6.08. The van der Waals surface area contributed by atoms with Crippen molar-refractivity contribution in [1.82, 2.24) is 4.90 Å². The number of nitrogens with zero attached hydrogens (tertiary/aromatic N) is 1. The Bertz CT molecular complexity index is 510. The van der Waals surface area contributed by atoms with E-state index < -0.39 is 0 Å². The average molecular weight is 287 g/mol. The van der Waals surface area contributed by atoms with Gasteiger partial charge in [-0.3, -0.25) is 4.79 Å². The molecule has 1 atom stereocenters. The smallest absolute Gasteiger partial charge is 0.410 e. The molecule has 1 amide bonds. The monoisotopic (exact) mass is 287 g/mol. The molecule has 1 aliphatic carbocycles. The summed E-state index contributed by atoms with van der Waals surface area (Å²) in [6, 6.07) is 9.65. The van der Waals surface area contributed by atoms with Crippen molar-refractivity contribution < 1.29 is 14.3 Å². The van der Waals surface area contributed by atoms with Crippen molar-refractivity contribution in [3.05, 3.63) is 35.9 Å². The molecule has 0 spiro atoms. The maximum absolute atomic E-state index is 12.1. The zero-order chi connectivity index (χ0) is 14.7. The molecular weight excluding hydrogens is 266 g/mol. The van der Waals surface area contributed by atoms with E-state index in [2.05, 4.69) is 0 Å². The van der Waals surface area contributed by atoms with E-state index in [1.165, 1.54) is 12.8 Å². The maximum atomic E-state index is 12.1. The molecule has 0 N–H and O–H groups in total. The molecule has 0 radical (unpaired) electrons. The van der Waals surface area contributed by atoms with Crippen molar-refractivity contribution in [1.29, 1.82) is 0 Å². The average Bonchev–Trinajstić information content (AvgIpc) is 3.32. The van der Waals surface area contributed by atoms with E-state index in [9.17, 15) is 9.59 Å². The highest BCUT2D eigenvalue weighted by atomic mass is 16.6. The summed E-state index contributed by atoms with van der Waals surface area (Å²) in [5, 5.41) is 0. The van der Waals surface area contributed by atoms with Crippen molar-refractivity contribution in [2.24, 2.45) is 11.8 Å². The lowest BCUT2D eigenvalue weighted by molar-refractivity contribution is -0.126. The lowest BCUT2D eigenvalue weighted by atomic mass is 9.91. The molecule has 1 aliphatic heterocycles. The lowest BCUT2D eigenvalue weighted by Crippen LogP contribution is -2.44. The van der Waals surface area contributed by atoms with E-state index >= 15 is 0 Å². The number of carbonyl (C=O) groups excluding carboxylic acids is 2. The molecule has 1 saturated heterocycles.